The monoisotopic (exact) mass is 466 g/mol. The number of hydrogen-bond acceptors (Lipinski definition) is 5. The number of phenols is 1. The number of benzene rings is 3. The lowest BCUT2D eigenvalue weighted by atomic mass is 9.86. The van der Waals surface area contributed by atoms with E-state index in [1.165, 1.54) is 19.5 Å². The summed E-state index contributed by atoms with van der Waals surface area (Å²) in [7, 11) is 0. The van der Waals surface area contributed by atoms with E-state index in [-0.39, 0.29) is 11.9 Å². The Morgan fingerprint density at radius 3 is 2.49 bits per heavy atom. The molecule has 0 amide bonds. The molecule has 0 bridgehead atoms. The zero-order chi connectivity index (χ0) is 24.4. The smallest absolute Gasteiger partial charge is 0.150 e. The molecule has 1 N–H and O–H groups in total. The molecule has 1 unspecified atom stereocenters. The molecular formula is C30H30N2O3. The molecular weight excluding hydrogens is 436 g/mol. The molecule has 2 aliphatic heterocycles. The summed E-state index contributed by atoms with van der Waals surface area (Å²) in [6, 6.07) is 23.0. The van der Waals surface area contributed by atoms with E-state index in [1.807, 2.05) is 42.5 Å². The van der Waals surface area contributed by atoms with Gasteiger partial charge in [-0.15, -0.1) is 0 Å². The summed E-state index contributed by atoms with van der Waals surface area (Å²) in [4.78, 5) is 2.44. The third-order valence-corrected chi connectivity index (χ3v) is 7.07. The van der Waals surface area contributed by atoms with Gasteiger partial charge in [0.05, 0.1) is 11.6 Å². The van der Waals surface area contributed by atoms with Crippen LogP contribution in [0.3, 0.4) is 0 Å². The van der Waals surface area contributed by atoms with Gasteiger partial charge < -0.3 is 14.6 Å². The summed E-state index contributed by atoms with van der Waals surface area (Å²) in [5.74, 6) is 2.64. The van der Waals surface area contributed by atoms with Crippen LogP contribution in [0.2, 0.25) is 0 Å². The fourth-order valence-electron chi connectivity index (χ4n) is 4.92. The predicted octanol–water partition coefficient (Wildman–Crippen LogP) is 6.05. The van der Waals surface area contributed by atoms with Gasteiger partial charge in [-0.2, -0.15) is 5.26 Å². The average Bonchev–Trinajstić information content (AvgIpc) is 2.86. The summed E-state index contributed by atoms with van der Waals surface area (Å²) in [6.07, 6.45) is 0.938. The number of nitriles is 1. The van der Waals surface area contributed by atoms with Crippen molar-refractivity contribution in [3.8, 4) is 23.3 Å². The molecule has 0 radical (unpaired) electrons. The van der Waals surface area contributed by atoms with Crippen LogP contribution in [0, 0.1) is 17.2 Å². The maximum Gasteiger partial charge on any atom is 0.150 e. The Labute approximate surface area is 206 Å². The molecule has 5 rings (SSSR count). The molecule has 178 valence electrons. The molecule has 5 heteroatoms. The van der Waals surface area contributed by atoms with E-state index in [9.17, 15) is 10.4 Å². The topological polar surface area (TPSA) is 65.7 Å². The first kappa shape index (κ1) is 23.0. The first-order chi connectivity index (χ1) is 17.1. The summed E-state index contributed by atoms with van der Waals surface area (Å²) >= 11 is 0. The van der Waals surface area contributed by atoms with E-state index >= 15 is 0 Å². The van der Waals surface area contributed by atoms with Crippen molar-refractivity contribution in [2.45, 2.75) is 26.4 Å². The minimum Gasteiger partial charge on any atom is -0.508 e. The maximum atomic E-state index is 10.1. The van der Waals surface area contributed by atoms with E-state index in [0.29, 0.717) is 12.2 Å². The summed E-state index contributed by atoms with van der Waals surface area (Å²) in [6.45, 7) is 8.31. The van der Waals surface area contributed by atoms with Crippen molar-refractivity contribution < 1.29 is 14.6 Å². The lowest BCUT2D eigenvalue weighted by Crippen LogP contribution is -2.47. The third-order valence-electron chi connectivity index (χ3n) is 7.07. The van der Waals surface area contributed by atoms with Gasteiger partial charge in [0.2, 0.25) is 0 Å². The van der Waals surface area contributed by atoms with Crippen molar-refractivity contribution in [1.82, 2.24) is 4.90 Å². The highest BCUT2D eigenvalue weighted by atomic mass is 16.5. The van der Waals surface area contributed by atoms with Crippen LogP contribution in [-0.2, 0) is 0 Å². The van der Waals surface area contributed by atoms with Crippen molar-refractivity contribution in [3.63, 3.8) is 0 Å². The zero-order valence-electron chi connectivity index (χ0n) is 20.2. The average molecular weight is 467 g/mol. The summed E-state index contributed by atoms with van der Waals surface area (Å²) < 4.78 is 12.5. The Kier molecular flexibility index (Phi) is 6.48. The number of nitrogens with zero attached hydrogens (tertiary/aromatic N) is 2. The van der Waals surface area contributed by atoms with Crippen LogP contribution in [0.4, 0.5) is 0 Å². The van der Waals surface area contributed by atoms with Crippen LogP contribution in [0.15, 0.2) is 66.7 Å². The van der Waals surface area contributed by atoms with Crippen LogP contribution in [0.1, 0.15) is 48.6 Å². The molecule has 1 atom stereocenters. The predicted molar refractivity (Wildman–Crippen MR) is 137 cm³/mol. The van der Waals surface area contributed by atoms with E-state index < -0.39 is 0 Å². The second-order valence-electron chi connectivity index (χ2n) is 9.36. The molecule has 0 saturated carbocycles. The Morgan fingerprint density at radius 2 is 1.80 bits per heavy atom. The van der Waals surface area contributed by atoms with Crippen molar-refractivity contribution in [2.24, 2.45) is 5.92 Å². The van der Waals surface area contributed by atoms with Gasteiger partial charge in [-0.25, -0.2) is 0 Å². The standard InChI is InChI=1S/C30H30N2O3/c1-3-21-18-32(19-21)14-15-34-26-11-8-24(9-12-26)30-29(23-6-4-22(17-31)5-7-23)20(2)27-16-25(33)10-13-28(27)35-30/h4-13,16,21,30,33H,3,14-15,18-19H2,1-2H3. The van der Waals surface area contributed by atoms with Gasteiger partial charge in [-0.1, -0.05) is 37.6 Å². The number of ether oxygens (including phenoxy) is 2. The maximum absolute atomic E-state index is 10.1. The highest BCUT2D eigenvalue weighted by Gasteiger charge is 2.29. The van der Waals surface area contributed by atoms with Crippen LogP contribution in [-0.4, -0.2) is 36.2 Å². The molecule has 1 fully saturated rings. The largest absolute Gasteiger partial charge is 0.508 e. The van der Waals surface area contributed by atoms with Gasteiger partial charge in [-0.05, 0) is 72.0 Å². The Morgan fingerprint density at radius 1 is 1.06 bits per heavy atom. The molecule has 2 heterocycles. The summed E-state index contributed by atoms with van der Waals surface area (Å²) in [5.41, 5.74) is 5.55. The van der Waals surface area contributed by atoms with Gasteiger partial charge in [0.15, 0.2) is 0 Å². The second kappa shape index (κ2) is 9.85. The normalized spacial score (nSPS) is 17.8. The number of hydrogen-bond donors (Lipinski definition) is 1. The van der Waals surface area contributed by atoms with Crippen LogP contribution in [0.25, 0.3) is 11.1 Å². The number of allylic oxidation sites excluding steroid dienone is 1. The van der Waals surface area contributed by atoms with Crippen LogP contribution in [0.5, 0.6) is 17.2 Å². The third kappa shape index (κ3) is 4.76. The van der Waals surface area contributed by atoms with Crippen molar-refractivity contribution in [1.29, 1.82) is 5.26 Å². The first-order valence-corrected chi connectivity index (χ1v) is 12.2. The quantitative estimate of drug-likeness (QED) is 0.459. The zero-order valence-corrected chi connectivity index (χ0v) is 20.2. The van der Waals surface area contributed by atoms with Crippen LogP contribution < -0.4 is 9.47 Å². The van der Waals surface area contributed by atoms with Gasteiger partial charge >= 0.3 is 0 Å². The highest BCUT2D eigenvalue weighted by molar-refractivity contribution is 5.95. The van der Waals surface area contributed by atoms with Gasteiger partial charge in [-0.3, -0.25) is 4.90 Å². The second-order valence-corrected chi connectivity index (χ2v) is 9.36. The molecule has 3 aromatic rings. The lowest BCUT2D eigenvalue weighted by molar-refractivity contribution is 0.0806. The fourth-order valence-corrected chi connectivity index (χ4v) is 4.92. The van der Waals surface area contributed by atoms with Crippen molar-refractivity contribution in [3.05, 3.63) is 89.0 Å². The molecule has 2 aliphatic rings. The number of fused-ring (bicyclic) bond motifs is 1. The van der Waals surface area contributed by atoms with E-state index in [4.69, 9.17) is 9.47 Å². The Hall–Kier alpha value is -3.75. The minimum absolute atomic E-state index is 0.203. The first-order valence-electron chi connectivity index (χ1n) is 12.2. The minimum atomic E-state index is -0.318. The van der Waals surface area contributed by atoms with Crippen LogP contribution >= 0.6 is 0 Å². The molecule has 35 heavy (non-hydrogen) atoms. The number of likely N-dealkylation sites (tertiary alicyclic amines) is 1. The van der Waals surface area contributed by atoms with Crippen molar-refractivity contribution in [2.75, 3.05) is 26.2 Å². The number of rotatable bonds is 7. The Balaban J connectivity index is 1.38. The van der Waals surface area contributed by atoms with E-state index in [0.717, 1.165) is 51.8 Å². The molecule has 0 aromatic heterocycles. The molecule has 3 aromatic carbocycles. The van der Waals surface area contributed by atoms with Gasteiger partial charge in [0.1, 0.15) is 30.0 Å². The fraction of sp³-hybridized carbons (Fsp3) is 0.300. The molecule has 1 saturated heterocycles. The number of phenolic OH excluding ortho intramolecular Hbond substituents is 1. The van der Waals surface area contributed by atoms with E-state index in [2.05, 4.69) is 36.9 Å². The van der Waals surface area contributed by atoms with Gasteiger partial charge in [0.25, 0.3) is 0 Å². The SMILES string of the molecule is CCC1CN(CCOc2ccc(C3Oc4ccc(O)cc4C(C)=C3c3ccc(C#N)cc3)cc2)C1. The number of aromatic hydroxyl groups is 1. The molecule has 0 spiro atoms. The Bertz CT molecular complexity index is 1270. The van der Waals surface area contributed by atoms with Gasteiger partial charge in [0, 0.05) is 30.8 Å². The van der Waals surface area contributed by atoms with Crippen molar-refractivity contribution >= 4 is 11.1 Å². The summed E-state index contributed by atoms with van der Waals surface area (Å²) in [5, 5.41) is 19.3. The molecule has 5 nitrogen and oxygen atoms in total. The molecule has 0 aliphatic carbocycles. The lowest BCUT2D eigenvalue weighted by Gasteiger charge is -2.38. The highest BCUT2D eigenvalue weighted by Crippen LogP contribution is 2.47. The van der Waals surface area contributed by atoms with E-state index in [1.54, 1.807) is 12.1 Å².